The SMILES string of the molecule is Cc1ccccc1N1CC[NH+](CC(=O)NCc2ccccc2Cl)CC1. The zero-order valence-corrected chi connectivity index (χ0v) is 15.4. The van der Waals surface area contributed by atoms with E-state index in [1.807, 2.05) is 24.3 Å². The van der Waals surface area contributed by atoms with Crippen molar-refractivity contribution < 1.29 is 9.69 Å². The van der Waals surface area contributed by atoms with Crippen LogP contribution in [0, 0.1) is 6.92 Å². The summed E-state index contributed by atoms with van der Waals surface area (Å²) in [4.78, 5) is 16.0. The summed E-state index contributed by atoms with van der Waals surface area (Å²) in [6.45, 7) is 7.08. The number of carbonyl (C=O) groups is 1. The highest BCUT2D eigenvalue weighted by Gasteiger charge is 2.22. The summed E-state index contributed by atoms with van der Waals surface area (Å²) in [7, 11) is 0. The first-order valence-corrected chi connectivity index (χ1v) is 9.15. The molecule has 1 saturated heterocycles. The first kappa shape index (κ1) is 17.8. The molecule has 132 valence electrons. The van der Waals surface area contributed by atoms with Gasteiger partial charge in [0.25, 0.3) is 5.91 Å². The third kappa shape index (κ3) is 4.74. The molecule has 0 atom stereocenters. The van der Waals surface area contributed by atoms with Crippen LogP contribution in [0.15, 0.2) is 48.5 Å². The number of halogens is 1. The molecule has 5 heteroatoms. The van der Waals surface area contributed by atoms with Crippen molar-refractivity contribution in [2.75, 3.05) is 37.6 Å². The van der Waals surface area contributed by atoms with Crippen LogP contribution < -0.4 is 15.1 Å². The summed E-state index contributed by atoms with van der Waals surface area (Å²) < 4.78 is 0. The van der Waals surface area contributed by atoms with Gasteiger partial charge in [0, 0.05) is 17.3 Å². The molecule has 2 N–H and O–H groups in total. The molecule has 0 aliphatic carbocycles. The monoisotopic (exact) mass is 358 g/mol. The summed E-state index contributed by atoms with van der Waals surface area (Å²) in [5.41, 5.74) is 3.57. The van der Waals surface area contributed by atoms with Crippen molar-refractivity contribution in [3.8, 4) is 0 Å². The van der Waals surface area contributed by atoms with Gasteiger partial charge in [0.05, 0.1) is 26.2 Å². The minimum Gasteiger partial charge on any atom is -0.360 e. The molecule has 1 aliphatic rings. The second kappa shape index (κ2) is 8.37. The van der Waals surface area contributed by atoms with Crippen LogP contribution in [0.4, 0.5) is 5.69 Å². The maximum Gasteiger partial charge on any atom is 0.275 e. The average molecular weight is 359 g/mol. The summed E-state index contributed by atoms with van der Waals surface area (Å²) in [6.07, 6.45) is 0. The van der Waals surface area contributed by atoms with Gasteiger partial charge < -0.3 is 15.1 Å². The lowest BCUT2D eigenvalue weighted by atomic mass is 10.1. The Bertz CT molecular complexity index is 726. The second-order valence-corrected chi connectivity index (χ2v) is 6.98. The number of para-hydroxylation sites is 1. The Balaban J connectivity index is 1.45. The topological polar surface area (TPSA) is 36.8 Å². The molecule has 1 amide bonds. The fraction of sp³-hybridized carbons (Fsp3) is 0.350. The number of amides is 1. The van der Waals surface area contributed by atoms with Crippen molar-refractivity contribution in [3.05, 3.63) is 64.7 Å². The second-order valence-electron chi connectivity index (χ2n) is 6.57. The number of nitrogens with one attached hydrogen (secondary N) is 2. The molecule has 3 rings (SSSR count). The van der Waals surface area contributed by atoms with Gasteiger partial charge >= 0.3 is 0 Å². The lowest BCUT2D eigenvalue weighted by Gasteiger charge is -2.34. The summed E-state index contributed by atoms with van der Waals surface area (Å²) in [5, 5.41) is 3.68. The van der Waals surface area contributed by atoms with Crippen LogP contribution in [0.2, 0.25) is 5.02 Å². The molecule has 2 aromatic carbocycles. The maximum absolute atomic E-state index is 12.2. The van der Waals surface area contributed by atoms with Crippen molar-refractivity contribution in [1.82, 2.24) is 5.32 Å². The van der Waals surface area contributed by atoms with Crippen molar-refractivity contribution in [2.24, 2.45) is 0 Å². The van der Waals surface area contributed by atoms with Crippen molar-refractivity contribution in [3.63, 3.8) is 0 Å². The van der Waals surface area contributed by atoms with E-state index in [1.54, 1.807) is 0 Å². The van der Waals surface area contributed by atoms with Crippen molar-refractivity contribution >= 4 is 23.2 Å². The van der Waals surface area contributed by atoms with E-state index in [4.69, 9.17) is 11.6 Å². The molecular weight excluding hydrogens is 334 g/mol. The van der Waals surface area contributed by atoms with E-state index in [1.165, 1.54) is 16.2 Å². The van der Waals surface area contributed by atoms with E-state index in [0.717, 1.165) is 31.7 Å². The number of benzene rings is 2. The third-order valence-corrected chi connectivity index (χ3v) is 5.14. The lowest BCUT2D eigenvalue weighted by molar-refractivity contribution is -0.892. The van der Waals surface area contributed by atoms with Crippen LogP contribution in [-0.4, -0.2) is 38.6 Å². The summed E-state index contributed by atoms with van der Waals surface area (Å²) in [6, 6.07) is 16.1. The van der Waals surface area contributed by atoms with Crippen molar-refractivity contribution in [2.45, 2.75) is 13.5 Å². The third-order valence-electron chi connectivity index (χ3n) is 4.77. The number of nitrogens with zero attached hydrogens (tertiary/aromatic N) is 1. The standard InChI is InChI=1S/C20H24ClN3O/c1-16-6-2-5-9-19(16)24-12-10-23(11-13-24)15-20(25)22-14-17-7-3-4-8-18(17)21/h2-9H,10-15H2,1H3,(H,22,25)/p+1. The molecule has 0 aromatic heterocycles. The Morgan fingerprint density at radius 2 is 1.80 bits per heavy atom. The molecule has 0 unspecified atom stereocenters. The summed E-state index contributed by atoms with van der Waals surface area (Å²) >= 11 is 6.12. The fourth-order valence-corrected chi connectivity index (χ4v) is 3.49. The van der Waals surface area contributed by atoms with Crippen LogP contribution in [0.25, 0.3) is 0 Å². The van der Waals surface area contributed by atoms with Crippen molar-refractivity contribution in [1.29, 1.82) is 0 Å². The Morgan fingerprint density at radius 1 is 1.12 bits per heavy atom. The first-order chi connectivity index (χ1) is 12.1. The highest BCUT2D eigenvalue weighted by Crippen LogP contribution is 2.18. The quantitative estimate of drug-likeness (QED) is 0.853. The van der Waals surface area contributed by atoms with Gasteiger partial charge in [-0.15, -0.1) is 0 Å². The van der Waals surface area contributed by atoms with Crippen LogP contribution in [0.1, 0.15) is 11.1 Å². The number of anilines is 1. The Morgan fingerprint density at radius 3 is 2.52 bits per heavy atom. The van der Waals surface area contributed by atoms with Gasteiger partial charge in [0.1, 0.15) is 0 Å². The van der Waals surface area contributed by atoms with Crippen LogP contribution >= 0.6 is 11.6 Å². The molecule has 0 bridgehead atoms. The normalized spacial score (nSPS) is 15.2. The van der Waals surface area contributed by atoms with Gasteiger partial charge in [-0.3, -0.25) is 4.79 Å². The summed E-state index contributed by atoms with van der Waals surface area (Å²) in [5.74, 6) is 0.0826. The van der Waals surface area contributed by atoms with Gasteiger partial charge in [0.15, 0.2) is 6.54 Å². The minimum absolute atomic E-state index is 0.0826. The number of hydrogen-bond donors (Lipinski definition) is 2. The first-order valence-electron chi connectivity index (χ1n) is 8.78. The van der Waals surface area contributed by atoms with Crippen LogP contribution in [-0.2, 0) is 11.3 Å². The van der Waals surface area contributed by atoms with E-state index in [-0.39, 0.29) is 5.91 Å². The fourth-order valence-electron chi connectivity index (χ4n) is 3.28. The molecule has 0 radical (unpaired) electrons. The predicted molar refractivity (Wildman–Crippen MR) is 102 cm³/mol. The lowest BCUT2D eigenvalue weighted by Crippen LogP contribution is -3.15. The smallest absolute Gasteiger partial charge is 0.275 e. The number of rotatable bonds is 5. The van der Waals surface area contributed by atoms with E-state index in [0.29, 0.717) is 18.1 Å². The number of carbonyl (C=O) groups excluding carboxylic acids is 1. The Labute approximate surface area is 154 Å². The van der Waals surface area contributed by atoms with Gasteiger partial charge in [-0.05, 0) is 30.2 Å². The van der Waals surface area contributed by atoms with Crippen LogP contribution in [0.3, 0.4) is 0 Å². The van der Waals surface area contributed by atoms with Crippen LogP contribution in [0.5, 0.6) is 0 Å². The van der Waals surface area contributed by atoms with E-state index >= 15 is 0 Å². The number of piperazine rings is 1. The minimum atomic E-state index is 0.0826. The highest BCUT2D eigenvalue weighted by atomic mass is 35.5. The molecule has 1 heterocycles. The molecule has 1 fully saturated rings. The Hall–Kier alpha value is -2.04. The maximum atomic E-state index is 12.2. The van der Waals surface area contributed by atoms with E-state index < -0.39 is 0 Å². The molecular formula is C20H25ClN3O+. The number of aryl methyl sites for hydroxylation is 1. The van der Waals surface area contributed by atoms with Gasteiger partial charge in [-0.1, -0.05) is 48.0 Å². The largest absolute Gasteiger partial charge is 0.360 e. The molecule has 0 saturated carbocycles. The molecule has 1 aliphatic heterocycles. The molecule has 0 spiro atoms. The molecule has 25 heavy (non-hydrogen) atoms. The van der Waals surface area contributed by atoms with Gasteiger partial charge in [0.2, 0.25) is 0 Å². The highest BCUT2D eigenvalue weighted by molar-refractivity contribution is 6.31. The van der Waals surface area contributed by atoms with Gasteiger partial charge in [-0.25, -0.2) is 0 Å². The average Bonchev–Trinajstić information content (AvgIpc) is 2.62. The van der Waals surface area contributed by atoms with Gasteiger partial charge in [-0.2, -0.15) is 0 Å². The molecule has 4 nitrogen and oxygen atoms in total. The number of hydrogen-bond acceptors (Lipinski definition) is 2. The predicted octanol–water partition coefficient (Wildman–Crippen LogP) is 1.67. The zero-order valence-electron chi connectivity index (χ0n) is 14.6. The van der Waals surface area contributed by atoms with E-state index in [2.05, 4.69) is 41.4 Å². The van der Waals surface area contributed by atoms with E-state index in [9.17, 15) is 4.79 Å². The number of quaternary nitrogens is 1. The zero-order chi connectivity index (χ0) is 17.6. The Kier molecular flexibility index (Phi) is 5.95. The molecule has 2 aromatic rings.